The van der Waals surface area contributed by atoms with Gasteiger partial charge in [-0.05, 0) is 39.7 Å². The molecule has 0 saturated heterocycles. The van der Waals surface area contributed by atoms with Crippen LogP contribution in [0.4, 0.5) is 11.5 Å². The molecule has 0 bridgehead atoms. The van der Waals surface area contributed by atoms with Crippen LogP contribution in [0.15, 0.2) is 65.4 Å². The Balaban J connectivity index is 1.53. The van der Waals surface area contributed by atoms with Crippen LogP contribution in [0, 0.1) is 0 Å². The van der Waals surface area contributed by atoms with E-state index in [2.05, 4.69) is 36.3 Å². The van der Waals surface area contributed by atoms with E-state index >= 15 is 0 Å². The quantitative estimate of drug-likeness (QED) is 0.461. The van der Waals surface area contributed by atoms with E-state index in [0.717, 1.165) is 33.0 Å². The van der Waals surface area contributed by atoms with Gasteiger partial charge >= 0.3 is 0 Å². The minimum absolute atomic E-state index is 0.397. The number of hydrogen-bond acceptors (Lipinski definition) is 6. The summed E-state index contributed by atoms with van der Waals surface area (Å²) in [4.78, 5) is 8.57. The summed E-state index contributed by atoms with van der Waals surface area (Å²) in [5, 5.41) is 7.58. The summed E-state index contributed by atoms with van der Waals surface area (Å²) in [5.74, 6) is 2.04. The zero-order valence-corrected chi connectivity index (χ0v) is 16.8. The second kappa shape index (κ2) is 8.37. The van der Waals surface area contributed by atoms with Crippen LogP contribution in [0.3, 0.4) is 0 Å². The lowest BCUT2D eigenvalue weighted by atomic mass is 10.2. The lowest BCUT2D eigenvalue weighted by Gasteiger charge is -2.12. The number of anilines is 2. The van der Waals surface area contributed by atoms with Crippen molar-refractivity contribution in [3.05, 3.63) is 76.7 Å². The van der Waals surface area contributed by atoms with Crippen molar-refractivity contribution in [2.75, 3.05) is 12.4 Å². The van der Waals surface area contributed by atoms with Crippen LogP contribution in [-0.4, -0.2) is 26.7 Å². The number of fused-ring (bicyclic) bond motifs is 1. The maximum atomic E-state index is 5.91. The van der Waals surface area contributed by atoms with Crippen molar-refractivity contribution in [2.45, 2.75) is 13.2 Å². The van der Waals surface area contributed by atoms with Gasteiger partial charge in [-0.2, -0.15) is 14.6 Å². The molecule has 28 heavy (non-hydrogen) atoms. The summed E-state index contributed by atoms with van der Waals surface area (Å²) in [6.45, 7) is 0.907. The van der Waals surface area contributed by atoms with Gasteiger partial charge in [-0.25, -0.2) is 4.98 Å². The van der Waals surface area contributed by atoms with Gasteiger partial charge in [0.2, 0.25) is 0 Å². The Labute approximate surface area is 170 Å². The Bertz CT molecular complexity index is 1080. The highest BCUT2D eigenvalue weighted by molar-refractivity contribution is 9.10. The monoisotopic (exact) mass is 439 g/mol. The Morgan fingerprint density at radius 2 is 1.93 bits per heavy atom. The van der Waals surface area contributed by atoms with Crippen LogP contribution in [0.5, 0.6) is 5.75 Å². The molecule has 0 saturated carbocycles. The van der Waals surface area contributed by atoms with Crippen molar-refractivity contribution >= 4 is 33.2 Å². The molecule has 2 aromatic heterocycles. The largest absolute Gasteiger partial charge is 0.488 e. The van der Waals surface area contributed by atoms with E-state index in [1.165, 1.54) is 6.33 Å². The lowest BCUT2D eigenvalue weighted by molar-refractivity contribution is 0.181. The summed E-state index contributed by atoms with van der Waals surface area (Å²) in [7, 11) is 1.63. The van der Waals surface area contributed by atoms with Gasteiger partial charge in [0.1, 0.15) is 24.5 Å². The molecule has 0 unspecified atom stereocenters. The minimum Gasteiger partial charge on any atom is -0.488 e. The normalized spacial score (nSPS) is 10.9. The first-order valence-electron chi connectivity index (χ1n) is 8.65. The highest BCUT2D eigenvalue weighted by atomic mass is 79.9. The van der Waals surface area contributed by atoms with Crippen molar-refractivity contribution in [3.63, 3.8) is 0 Å². The third kappa shape index (κ3) is 4.13. The molecule has 0 aliphatic heterocycles. The number of aromatic nitrogens is 4. The topological polar surface area (TPSA) is 73.6 Å². The Kier molecular flexibility index (Phi) is 5.50. The maximum absolute atomic E-state index is 5.91. The van der Waals surface area contributed by atoms with Crippen molar-refractivity contribution in [3.8, 4) is 5.75 Å². The van der Waals surface area contributed by atoms with Crippen LogP contribution in [0.2, 0.25) is 0 Å². The zero-order valence-electron chi connectivity index (χ0n) is 15.2. The zero-order chi connectivity index (χ0) is 19.3. The van der Waals surface area contributed by atoms with E-state index in [-0.39, 0.29) is 0 Å². The van der Waals surface area contributed by atoms with Crippen LogP contribution in [0.1, 0.15) is 11.3 Å². The van der Waals surface area contributed by atoms with Gasteiger partial charge in [0, 0.05) is 18.9 Å². The van der Waals surface area contributed by atoms with Gasteiger partial charge in [0.15, 0.2) is 0 Å². The average Bonchev–Trinajstić information content (AvgIpc) is 3.17. The van der Waals surface area contributed by atoms with Gasteiger partial charge in [0.25, 0.3) is 5.78 Å². The molecule has 0 atom stereocenters. The van der Waals surface area contributed by atoms with Gasteiger partial charge in [-0.15, -0.1) is 0 Å². The number of nitrogens with one attached hydrogen (secondary N) is 1. The number of methoxy groups -OCH3 is 1. The SMILES string of the molecule is COCc1cc(Nc2ccc(OCc3ccccc3)c(Br)c2)n2ncnc2n1. The number of ether oxygens (including phenoxy) is 2. The Morgan fingerprint density at radius 3 is 2.71 bits per heavy atom. The Hall–Kier alpha value is -2.97. The highest BCUT2D eigenvalue weighted by Gasteiger charge is 2.09. The van der Waals surface area contributed by atoms with Gasteiger partial charge in [0.05, 0.1) is 16.8 Å². The van der Waals surface area contributed by atoms with Crippen LogP contribution in [0.25, 0.3) is 5.78 Å². The van der Waals surface area contributed by atoms with Gasteiger partial charge in [-0.1, -0.05) is 30.3 Å². The molecule has 4 aromatic rings. The third-order valence-corrected chi connectivity index (χ3v) is 4.66. The van der Waals surface area contributed by atoms with Crippen molar-refractivity contribution in [1.82, 2.24) is 19.6 Å². The van der Waals surface area contributed by atoms with Crippen LogP contribution >= 0.6 is 15.9 Å². The molecule has 0 aliphatic rings. The second-order valence-electron chi connectivity index (χ2n) is 6.08. The highest BCUT2D eigenvalue weighted by Crippen LogP contribution is 2.30. The molecular formula is C20H18BrN5O2. The molecule has 8 heteroatoms. The average molecular weight is 440 g/mol. The van der Waals surface area contributed by atoms with Crippen molar-refractivity contribution in [2.24, 2.45) is 0 Å². The van der Waals surface area contributed by atoms with Gasteiger partial charge < -0.3 is 14.8 Å². The molecule has 0 aliphatic carbocycles. The fourth-order valence-corrected chi connectivity index (χ4v) is 3.24. The molecule has 0 radical (unpaired) electrons. The minimum atomic E-state index is 0.397. The standard InChI is InChI=1S/C20H18BrN5O2/c1-27-12-16-10-19(26-20(25-16)22-13-23-26)24-15-7-8-18(17(21)9-15)28-11-14-5-3-2-4-6-14/h2-10,13,24H,11-12H2,1H3. The Morgan fingerprint density at radius 1 is 1.07 bits per heavy atom. The summed E-state index contributed by atoms with van der Waals surface area (Å²) >= 11 is 3.58. The molecule has 0 spiro atoms. The van der Waals surface area contributed by atoms with Crippen LogP contribution < -0.4 is 10.1 Å². The first-order chi connectivity index (χ1) is 13.7. The van der Waals surface area contributed by atoms with Crippen molar-refractivity contribution in [1.29, 1.82) is 0 Å². The van der Waals surface area contributed by atoms with E-state index in [0.29, 0.717) is 19.0 Å². The molecule has 4 rings (SSSR count). The third-order valence-electron chi connectivity index (χ3n) is 4.04. The molecule has 7 nitrogen and oxygen atoms in total. The first-order valence-corrected chi connectivity index (χ1v) is 9.44. The second-order valence-corrected chi connectivity index (χ2v) is 6.94. The number of hydrogen-bond donors (Lipinski definition) is 1. The molecule has 2 aromatic carbocycles. The first kappa shape index (κ1) is 18.4. The molecule has 0 amide bonds. The lowest BCUT2D eigenvalue weighted by Crippen LogP contribution is -2.05. The predicted octanol–water partition coefficient (Wildman–Crippen LogP) is 4.36. The number of nitrogens with zero attached hydrogens (tertiary/aromatic N) is 4. The predicted molar refractivity (Wildman–Crippen MR) is 110 cm³/mol. The number of rotatable bonds is 7. The fourth-order valence-electron chi connectivity index (χ4n) is 2.75. The smallest absolute Gasteiger partial charge is 0.254 e. The summed E-state index contributed by atoms with van der Waals surface area (Å²) in [6.07, 6.45) is 1.47. The molecule has 1 N–H and O–H groups in total. The van der Waals surface area contributed by atoms with E-state index in [9.17, 15) is 0 Å². The van der Waals surface area contributed by atoms with E-state index < -0.39 is 0 Å². The summed E-state index contributed by atoms with van der Waals surface area (Å²) in [5.41, 5.74) is 2.77. The molecule has 0 fully saturated rings. The van der Waals surface area contributed by atoms with E-state index in [1.807, 2.05) is 54.6 Å². The molecule has 2 heterocycles. The van der Waals surface area contributed by atoms with E-state index in [4.69, 9.17) is 9.47 Å². The summed E-state index contributed by atoms with van der Waals surface area (Å²) in [6, 6.07) is 17.8. The molecule has 142 valence electrons. The van der Waals surface area contributed by atoms with Gasteiger partial charge in [-0.3, -0.25) is 0 Å². The van der Waals surface area contributed by atoms with Crippen molar-refractivity contribution < 1.29 is 9.47 Å². The number of halogens is 1. The van der Waals surface area contributed by atoms with Crippen LogP contribution in [-0.2, 0) is 18.0 Å². The summed E-state index contributed by atoms with van der Waals surface area (Å²) < 4.78 is 13.6. The maximum Gasteiger partial charge on any atom is 0.254 e. The van der Waals surface area contributed by atoms with E-state index in [1.54, 1.807) is 11.6 Å². The molecular weight excluding hydrogens is 422 g/mol. The number of benzene rings is 2. The fraction of sp³-hybridized carbons (Fsp3) is 0.150.